The van der Waals surface area contributed by atoms with Crippen LogP contribution in [0.5, 0.6) is 0 Å². The molecule has 5 atom stereocenters. The Kier molecular flexibility index (Phi) is 13.4. The fraction of sp³-hybridized carbons (Fsp3) is 0.500. The topological polar surface area (TPSA) is 74.2 Å². The molecule has 0 aromatic heterocycles. The largest absolute Gasteiger partial charge is 0.457 e. The highest BCUT2D eigenvalue weighted by Gasteiger charge is 2.23. The van der Waals surface area contributed by atoms with Crippen molar-refractivity contribution >= 4 is 12.0 Å². The van der Waals surface area contributed by atoms with Gasteiger partial charge in [-0.25, -0.2) is 4.79 Å². The van der Waals surface area contributed by atoms with Crippen molar-refractivity contribution in [3.63, 3.8) is 0 Å². The molecular weight excluding hydrogens is 456 g/mol. The Morgan fingerprint density at radius 3 is 2.83 bits per heavy atom. The monoisotopic (exact) mass is 498 g/mol. The Balaban J connectivity index is 2.22. The Labute approximate surface area is 216 Å². The van der Waals surface area contributed by atoms with E-state index in [1.165, 1.54) is 0 Å². The summed E-state index contributed by atoms with van der Waals surface area (Å²) < 4.78 is 22.5. The first-order valence-electron chi connectivity index (χ1n) is 12.6. The molecule has 1 aromatic carbocycles. The van der Waals surface area contributed by atoms with Crippen LogP contribution in [0, 0.1) is 12.8 Å². The number of esters is 1. The second kappa shape index (κ2) is 16.3. The molecule has 1 N–H and O–H groups in total. The van der Waals surface area contributed by atoms with E-state index in [1.807, 2.05) is 49.4 Å². The van der Waals surface area contributed by atoms with Crippen LogP contribution in [-0.2, 0) is 23.7 Å². The summed E-state index contributed by atoms with van der Waals surface area (Å²) in [5.74, 6) is -0.193. The summed E-state index contributed by atoms with van der Waals surface area (Å²) in [7, 11) is 1.58. The highest BCUT2D eigenvalue weighted by molar-refractivity contribution is 5.71. The van der Waals surface area contributed by atoms with Gasteiger partial charge in [0.1, 0.15) is 25.6 Å². The number of aliphatic hydroxyl groups is 1. The van der Waals surface area contributed by atoms with Crippen LogP contribution >= 0.6 is 0 Å². The SMILES string of the molecule is C=CC[C@H]1CC(C)CC(=C)CC(OCOC)/C=C/CC(C(O)/C=C/c2cccc(C)c2)OC(=O)CO1. The van der Waals surface area contributed by atoms with Gasteiger partial charge in [0.2, 0.25) is 0 Å². The Bertz CT molecular complexity index is 889. The molecule has 0 spiro atoms. The first kappa shape index (κ1) is 29.7. The minimum atomic E-state index is -0.993. The number of carbonyl (C=O) groups excluding carboxylic acids is 1. The smallest absolute Gasteiger partial charge is 0.332 e. The summed E-state index contributed by atoms with van der Waals surface area (Å²) in [6.07, 6.45) is 10.1. The zero-order valence-electron chi connectivity index (χ0n) is 21.9. The van der Waals surface area contributed by atoms with E-state index in [2.05, 4.69) is 20.1 Å². The van der Waals surface area contributed by atoms with Gasteiger partial charge in [0.05, 0.1) is 12.2 Å². The van der Waals surface area contributed by atoms with Crippen LogP contribution in [0.4, 0.5) is 0 Å². The van der Waals surface area contributed by atoms with Crippen molar-refractivity contribution in [1.82, 2.24) is 0 Å². The second-order valence-corrected chi connectivity index (χ2v) is 9.52. The zero-order chi connectivity index (χ0) is 26.3. The number of hydrogen-bond donors (Lipinski definition) is 1. The van der Waals surface area contributed by atoms with Crippen molar-refractivity contribution in [3.8, 4) is 0 Å². The Morgan fingerprint density at radius 2 is 2.11 bits per heavy atom. The summed E-state index contributed by atoms with van der Waals surface area (Å²) >= 11 is 0. The molecule has 1 aromatic rings. The summed E-state index contributed by atoms with van der Waals surface area (Å²) in [6.45, 7) is 12.2. The highest BCUT2D eigenvalue weighted by Crippen LogP contribution is 2.23. The number of cyclic esters (lactones) is 1. The lowest BCUT2D eigenvalue weighted by atomic mass is 9.92. The Morgan fingerprint density at radius 1 is 1.31 bits per heavy atom. The van der Waals surface area contributed by atoms with Crippen molar-refractivity contribution in [1.29, 1.82) is 0 Å². The predicted molar refractivity (Wildman–Crippen MR) is 143 cm³/mol. The van der Waals surface area contributed by atoms with Gasteiger partial charge in [0.25, 0.3) is 0 Å². The average Bonchev–Trinajstić information content (AvgIpc) is 2.83. The normalized spacial score (nSPS) is 26.6. The van der Waals surface area contributed by atoms with Gasteiger partial charge in [-0.2, -0.15) is 0 Å². The van der Waals surface area contributed by atoms with Gasteiger partial charge in [0.15, 0.2) is 0 Å². The van der Waals surface area contributed by atoms with Crippen LogP contribution in [0.2, 0.25) is 0 Å². The molecule has 0 radical (unpaired) electrons. The van der Waals surface area contributed by atoms with Crippen molar-refractivity contribution < 1.29 is 28.8 Å². The van der Waals surface area contributed by atoms with E-state index in [-0.39, 0.29) is 25.6 Å². The maximum Gasteiger partial charge on any atom is 0.332 e. The quantitative estimate of drug-likeness (QED) is 0.288. The van der Waals surface area contributed by atoms with Crippen molar-refractivity contribution in [2.75, 3.05) is 20.5 Å². The molecule has 4 unspecified atom stereocenters. The third-order valence-electron chi connectivity index (χ3n) is 5.97. The summed E-state index contributed by atoms with van der Waals surface area (Å²) in [4.78, 5) is 12.7. The van der Waals surface area contributed by atoms with E-state index in [4.69, 9.17) is 18.9 Å². The first-order valence-corrected chi connectivity index (χ1v) is 12.6. The van der Waals surface area contributed by atoms with Crippen LogP contribution in [0.3, 0.4) is 0 Å². The Hall–Kier alpha value is -2.51. The van der Waals surface area contributed by atoms with Crippen molar-refractivity contribution in [3.05, 3.63) is 78.4 Å². The van der Waals surface area contributed by atoms with Crippen molar-refractivity contribution in [2.45, 2.75) is 70.4 Å². The second-order valence-electron chi connectivity index (χ2n) is 9.52. The summed E-state index contributed by atoms with van der Waals surface area (Å²) in [6, 6.07) is 7.94. The number of carbonyl (C=O) groups is 1. The molecule has 1 aliphatic heterocycles. The first-order chi connectivity index (χ1) is 17.3. The van der Waals surface area contributed by atoms with E-state index in [1.54, 1.807) is 19.3 Å². The maximum atomic E-state index is 12.7. The van der Waals surface area contributed by atoms with Gasteiger partial charge in [0, 0.05) is 13.5 Å². The average molecular weight is 499 g/mol. The molecule has 0 saturated carbocycles. The highest BCUT2D eigenvalue weighted by atomic mass is 16.7. The molecule has 6 nitrogen and oxygen atoms in total. The molecule has 36 heavy (non-hydrogen) atoms. The number of methoxy groups -OCH3 is 1. The summed E-state index contributed by atoms with van der Waals surface area (Å²) in [5.41, 5.74) is 3.16. The molecule has 1 aliphatic rings. The van der Waals surface area contributed by atoms with Crippen LogP contribution in [0.15, 0.2) is 67.3 Å². The van der Waals surface area contributed by atoms with Crippen LogP contribution in [0.1, 0.15) is 50.2 Å². The minimum Gasteiger partial charge on any atom is -0.457 e. The number of hydrogen-bond acceptors (Lipinski definition) is 6. The fourth-order valence-electron chi connectivity index (χ4n) is 4.27. The number of aryl methyl sites for hydroxylation is 1. The molecule has 0 amide bonds. The van der Waals surface area contributed by atoms with Crippen LogP contribution in [0.25, 0.3) is 6.08 Å². The van der Waals surface area contributed by atoms with Crippen LogP contribution in [-0.4, -0.2) is 56.0 Å². The summed E-state index contributed by atoms with van der Waals surface area (Å²) in [5, 5.41) is 10.9. The van der Waals surface area contributed by atoms with E-state index >= 15 is 0 Å². The lowest BCUT2D eigenvalue weighted by Crippen LogP contribution is -2.32. The van der Waals surface area contributed by atoms with E-state index in [0.29, 0.717) is 25.2 Å². The van der Waals surface area contributed by atoms with Gasteiger partial charge in [-0.15, -0.1) is 6.58 Å². The van der Waals surface area contributed by atoms with Crippen molar-refractivity contribution in [2.24, 2.45) is 5.92 Å². The van der Waals surface area contributed by atoms with E-state index in [9.17, 15) is 9.90 Å². The molecule has 0 aliphatic carbocycles. The minimum absolute atomic E-state index is 0.147. The number of benzene rings is 1. The molecule has 6 heteroatoms. The third-order valence-corrected chi connectivity index (χ3v) is 5.97. The van der Waals surface area contributed by atoms with Gasteiger partial charge >= 0.3 is 5.97 Å². The van der Waals surface area contributed by atoms with Crippen LogP contribution < -0.4 is 0 Å². The van der Waals surface area contributed by atoms with Gasteiger partial charge in [-0.05, 0) is 44.1 Å². The van der Waals surface area contributed by atoms with Gasteiger partial charge < -0.3 is 24.1 Å². The van der Waals surface area contributed by atoms with E-state index in [0.717, 1.165) is 29.5 Å². The van der Waals surface area contributed by atoms with Gasteiger partial charge in [-0.1, -0.05) is 79.3 Å². The number of ether oxygens (including phenoxy) is 4. The number of rotatable bonds is 8. The molecule has 0 fully saturated rings. The molecule has 0 saturated heterocycles. The fourth-order valence-corrected chi connectivity index (χ4v) is 4.27. The molecule has 0 bridgehead atoms. The molecule has 1 heterocycles. The number of aliphatic hydroxyl groups excluding tert-OH is 1. The molecule has 198 valence electrons. The van der Waals surface area contributed by atoms with Gasteiger partial charge in [-0.3, -0.25) is 0 Å². The molecule has 2 rings (SSSR count). The third kappa shape index (κ3) is 11.5. The van der Waals surface area contributed by atoms with E-state index < -0.39 is 18.2 Å². The maximum absolute atomic E-state index is 12.7. The lowest BCUT2D eigenvalue weighted by Gasteiger charge is -2.23. The zero-order valence-corrected chi connectivity index (χ0v) is 21.9. The predicted octanol–water partition coefficient (Wildman–Crippen LogP) is 5.55. The molecular formula is C30H42O6. The lowest BCUT2D eigenvalue weighted by molar-refractivity contribution is -0.160. The standard InChI is InChI=1S/C30H42O6/c1-6-9-26-18-23(3)16-24(4)19-27(35-21-33-5)12-8-13-29(36-30(32)20-34-26)28(31)15-14-25-11-7-10-22(2)17-25/h6-8,10-12,14-15,17,23,26-29,31H,1,4,9,13,16,18-21H2,2-3,5H3/b12-8+,15-14+/t23?,26-,27?,28?,29?/m0/s1.